The summed E-state index contributed by atoms with van der Waals surface area (Å²) in [5.41, 5.74) is 0.660. The number of nitrogens with one attached hydrogen (secondary N) is 2. The molecule has 1 aliphatic heterocycles. The first-order valence-corrected chi connectivity index (χ1v) is 9.48. The van der Waals surface area contributed by atoms with Gasteiger partial charge in [0.15, 0.2) is 5.78 Å². The van der Waals surface area contributed by atoms with Gasteiger partial charge in [0.25, 0.3) is 0 Å². The molecule has 1 unspecified atom stereocenters. The predicted molar refractivity (Wildman–Crippen MR) is 92.5 cm³/mol. The average Bonchev–Trinajstić information content (AvgIpc) is 3.14. The molecular formula is C18H20N2O3S. The Balaban J connectivity index is 1.86. The standard InChI is InChI=1S/C18H20N2O3S/c21-18(14-7-2-1-3-8-14)16-10-4-5-11-17(16)24(22,23)20-13-15-9-6-12-19-15/h1-5,7-8,10-11,15,19-20H,6,9,12-13H2. The van der Waals surface area contributed by atoms with Gasteiger partial charge in [-0.15, -0.1) is 0 Å². The molecule has 1 atom stereocenters. The molecule has 1 heterocycles. The minimum atomic E-state index is -3.74. The molecule has 0 aromatic heterocycles. The summed E-state index contributed by atoms with van der Waals surface area (Å²) in [6.45, 7) is 1.24. The maximum Gasteiger partial charge on any atom is 0.241 e. The summed E-state index contributed by atoms with van der Waals surface area (Å²) in [6, 6.07) is 15.2. The molecule has 1 saturated heterocycles. The predicted octanol–water partition coefficient (Wildman–Crippen LogP) is 1.95. The van der Waals surface area contributed by atoms with E-state index in [1.165, 1.54) is 6.07 Å². The van der Waals surface area contributed by atoms with Crippen LogP contribution in [0.25, 0.3) is 0 Å². The van der Waals surface area contributed by atoms with Gasteiger partial charge in [0, 0.05) is 23.7 Å². The largest absolute Gasteiger partial charge is 0.313 e. The monoisotopic (exact) mass is 344 g/mol. The van der Waals surface area contributed by atoms with Gasteiger partial charge in [-0.3, -0.25) is 4.79 Å². The molecule has 3 rings (SSSR count). The quantitative estimate of drug-likeness (QED) is 0.786. The lowest BCUT2D eigenvalue weighted by molar-refractivity contribution is 0.103. The summed E-state index contributed by atoms with van der Waals surface area (Å²) in [7, 11) is -3.74. The molecule has 2 aromatic rings. The zero-order valence-corrected chi connectivity index (χ0v) is 14.1. The lowest BCUT2D eigenvalue weighted by Crippen LogP contribution is -2.37. The molecule has 0 saturated carbocycles. The number of rotatable bonds is 6. The van der Waals surface area contributed by atoms with Crippen LogP contribution in [0, 0.1) is 0 Å². The van der Waals surface area contributed by atoms with E-state index in [9.17, 15) is 13.2 Å². The summed E-state index contributed by atoms with van der Waals surface area (Å²) < 4.78 is 27.9. The van der Waals surface area contributed by atoms with Crippen molar-refractivity contribution in [2.24, 2.45) is 0 Å². The van der Waals surface area contributed by atoms with E-state index < -0.39 is 10.0 Å². The molecule has 1 fully saturated rings. The van der Waals surface area contributed by atoms with E-state index in [0.29, 0.717) is 12.1 Å². The Morgan fingerprint density at radius 1 is 1.08 bits per heavy atom. The van der Waals surface area contributed by atoms with Gasteiger partial charge in [-0.05, 0) is 31.5 Å². The highest BCUT2D eigenvalue weighted by Gasteiger charge is 2.24. The number of hydrogen-bond donors (Lipinski definition) is 2. The molecule has 1 aliphatic rings. The maximum absolute atomic E-state index is 12.7. The van der Waals surface area contributed by atoms with Crippen LogP contribution >= 0.6 is 0 Å². The number of benzene rings is 2. The van der Waals surface area contributed by atoms with Crippen LogP contribution in [0.15, 0.2) is 59.5 Å². The van der Waals surface area contributed by atoms with E-state index in [2.05, 4.69) is 10.0 Å². The zero-order chi connectivity index (χ0) is 17.0. The van der Waals surface area contributed by atoms with Crippen molar-refractivity contribution in [3.05, 3.63) is 65.7 Å². The number of carbonyl (C=O) groups is 1. The van der Waals surface area contributed by atoms with Crippen molar-refractivity contribution in [3.63, 3.8) is 0 Å². The lowest BCUT2D eigenvalue weighted by Gasteiger charge is -2.14. The van der Waals surface area contributed by atoms with Gasteiger partial charge in [0.1, 0.15) is 0 Å². The molecule has 0 radical (unpaired) electrons. The number of carbonyl (C=O) groups excluding carboxylic acids is 1. The van der Waals surface area contributed by atoms with Crippen LogP contribution in [-0.4, -0.2) is 33.3 Å². The van der Waals surface area contributed by atoms with Crippen LogP contribution in [0.1, 0.15) is 28.8 Å². The summed E-state index contributed by atoms with van der Waals surface area (Å²) >= 11 is 0. The van der Waals surface area contributed by atoms with Gasteiger partial charge in [-0.1, -0.05) is 42.5 Å². The average molecular weight is 344 g/mol. The molecule has 2 aromatic carbocycles. The normalized spacial score (nSPS) is 17.8. The molecular weight excluding hydrogens is 324 g/mol. The molecule has 126 valence electrons. The number of ketones is 1. The van der Waals surface area contributed by atoms with E-state index in [1.54, 1.807) is 42.5 Å². The fraction of sp³-hybridized carbons (Fsp3) is 0.278. The molecule has 0 spiro atoms. The van der Waals surface area contributed by atoms with Gasteiger partial charge in [0.2, 0.25) is 10.0 Å². The number of hydrogen-bond acceptors (Lipinski definition) is 4. The molecule has 0 aliphatic carbocycles. The Labute approximate surface area is 142 Å². The highest BCUT2D eigenvalue weighted by atomic mass is 32.2. The molecule has 0 amide bonds. The molecule has 0 bridgehead atoms. The highest BCUT2D eigenvalue weighted by Crippen LogP contribution is 2.19. The second-order valence-corrected chi connectivity index (χ2v) is 7.57. The molecule has 6 heteroatoms. The Hall–Kier alpha value is -2.02. The van der Waals surface area contributed by atoms with Crippen molar-refractivity contribution in [2.45, 2.75) is 23.8 Å². The van der Waals surface area contributed by atoms with Gasteiger partial charge >= 0.3 is 0 Å². The SMILES string of the molecule is O=C(c1ccccc1)c1ccccc1S(=O)(=O)NCC1CCCN1. The zero-order valence-electron chi connectivity index (χ0n) is 13.2. The van der Waals surface area contributed by atoms with Crippen molar-refractivity contribution in [1.82, 2.24) is 10.0 Å². The first kappa shape index (κ1) is 16.8. The lowest BCUT2D eigenvalue weighted by atomic mass is 10.0. The van der Waals surface area contributed by atoms with Crippen molar-refractivity contribution in [2.75, 3.05) is 13.1 Å². The van der Waals surface area contributed by atoms with Crippen LogP contribution in [0.4, 0.5) is 0 Å². The van der Waals surface area contributed by atoms with Crippen LogP contribution in [0.3, 0.4) is 0 Å². The first-order chi connectivity index (χ1) is 11.6. The van der Waals surface area contributed by atoms with Crippen molar-refractivity contribution >= 4 is 15.8 Å². The van der Waals surface area contributed by atoms with Crippen molar-refractivity contribution in [3.8, 4) is 0 Å². The Morgan fingerprint density at radius 3 is 2.50 bits per heavy atom. The molecule has 24 heavy (non-hydrogen) atoms. The topological polar surface area (TPSA) is 75.3 Å². The third-order valence-electron chi connectivity index (χ3n) is 4.14. The minimum Gasteiger partial charge on any atom is -0.313 e. The minimum absolute atomic E-state index is 0.0249. The maximum atomic E-state index is 12.7. The van der Waals surface area contributed by atoms with Gasteiger partial charge in [-0.2, -0.15) is 0 Å². The molecule has 2 N–H and O–H groups in total. The van der Waals surface area contributed by atoms with E-state index >= 15 is 0 Å². The van der Waals surface area contributed by atoms with E-state index in [1.807, 2.05) is 6.07 Å². The van der Waals surface area contributed by atoms with E-state index in [-0.39, 0.29) is 22.3 Å². The van der Waals surface area contributed by atoms with Crippen molar-refractivity contribution in [1.29, 1.82) is 0 Å². The van der Waals surface area contributed by atoms with E-state index in [0.717, 1.165) is 19.4 Å². The highest BCUT2D eigenvalue weighted by molar-refractivity contribution is 7.89. The van der Waals surface area contributed by atoms with Crippen LogP contribution in [-0.2, 0) is 10.0 Å². The third kappa shape index (κ3) is 3.72. The molecule has 5 nitrogen and oxygen atoms in total. The van der Waals surface area contributed by atoms with Gasteiger partial charge in [-0.25, -0.2) is 13.1 Å². The smallest absolute Gasteiger partial charge is 0.241 e. The van der Waals surface area contributed by atoms with Crippen molar-refractivity contribution < 1.29 is 13.2 Å². The van der Waals surface area contributed by atoms with E-state index in [4.69, 9.17) is 0 Å². The van der Waals surface area contributed by atoms with Gasteiger partial charge in [0.05, 0.1) is 4.90 Å². The van der Waals surface area contributed by atoms with Gasteiger partial charge < -0.3 is 5.32 Å². The summed E-state index contributed by atoms with van der Waals surface area (Å²) in [4.78, 5) is 12.7. The third-order valence-corrected chi connectivity index (χ3v) is 5.62. The fourth-order valence-corrected chi connectivity index (χ4v) is 4.14. The summed E-state index contributed by atoms with van der Waals surface area (Å²) in [5.74, 6) is -0.296. The second kappa shape index (κ2) is 7.25. The number of sulfonamides is 1. The second-order valence-electron chi connectivity index (χ2n) is 5.84. The Morgan fingerprint density at radius 2 is 1.79 bits per heavy atom. The van der Waals surface area contributed by atoms with Crippen LogP contribution in [0.5, 0.6) is 0 Å². The fourth-order valence-electron chi connectivity index (χ4n) is 2.85. The Bertz CT molecular complexity index is 813. The summed E-state index contributed by atoms with van der Waals surface area (Å²) in [5, 5.41) is 3.25. The summed E-state index contributed by atoms with van der Waals surface area (Å²) in [6.07, 6.45) is 2.00. The van der Waals surface area contributed by atoms with Crippen LogP contribution in [0.2, 0.25) is 0 Å². The first-order valence-electron chi connectivity index (χ1n) is 8.00. The van der Waals surface area contributed by atoms with Crippen LogP contribution < -0.4 is 10.0 Å². The Kier molecular flexibility index (Phi) is 5.08.